The summed E-state index contributed by atoms with van der Waals surface area (Å²) in [4.78, 5) is 24.4. The molecule has 0 atom stereocenters. The van der Waals surface area contributed by atoms with Crippen molar-refractivity contribution in [1.29, 1.82) is 0 Å². The van der Waals surface area contributed by atoms with Gasteiger partial charge in [-0.25, -0.2) is 9.59 Å². The van der Waals surface area contributed by atoms with Crippen LogP contribution in [-0.4, -0.2) is 103 Å². The number of thiocarbonyl (C=S) groups is 1. The molecule has 0 aromatic heterocycles. The molecule has 24 heteroatoms. The molecule has 0 aliphatic rings. The summed E-state index contributed by atoms with van der Waals surface area (Å²) in [5, 5.41) is 0. The molecule has 0 rings (SSSR count). The van der Waals surface area contributed by atoms with Crippen LogP contribution in [-0.2, 0) is 19.1 Å². The Kier molecular flexibility index (Phi) is 12.7. The van der Waals surface area contributed by atoms with E-state index in [-0.39, 0.29) is 6.08 Å². The normalized spacial score (nSPS) is 15.0. The largest absolute Gasteiger partial charge is 0.462 e. The molecule has 0 amide bonds. The Morgan fingerprint density at radius 3 is 1.27 bits per heavy atom. The van der Waals surface area contributed by atoms with Crippen LogP contribution in [0.5, 0.6) is 0 Å². The molecule has 0 aromatic rings. The molecule has 0 unspecified atom stereocenters. The van der Waals surface area contributed by atoms with Crippen LogP contribution in [0.15, 0.2) is 11.6 Å². The number of nitrogens with zero attached hydrogens (tertiary/aromatic N) is 1. The minimum atomic E-state index is -7.26. The summed E-state index contributed by atoms with van der Waals surface area (Å²) < 4.78 is 240. The Hall–Kier alpha value is -2.53. The zero-order valence-electron chi connectivity index (χ0n) is 21.4. The Morgan fingerprint density at radius 1 is 0.614 bits per heavy atom. The zero-order chi connectivity index (χ0) is 35.5. The fourth-order valence-corrected chi connectivity index (χ4v) is 2.94. The lowest BCUT2D eigenvalue weighted by Gasteiger charge is -2.33. The van der Waals surface area contributed by atoms with Crippen LogP contribution in [0.25, 0.3) is 0 Å². The van der Waals surface area contributed by atoms with Gasteiger partial charge < -0.3 is 14.4 Å². The molecule has 0 bridgehead atoms. The third kappa shape index (κ3) is 8.80. The SMILES string of the molecule is CN(C)CC(=S)/C(=C/C(=O)OCCC(F)(F)C(F)(F)C(F)(F)C(F)(F)F)C(=O)OCCC(F)(F)C(F)(F)C(F)(F)C(F)(F)F. The molecule has 0 fully saturated rings. The summed E-state index contributed by atoms with van der Waals surface area (Å²) in [5.41, 5.74) is -1.27. The first-order valence-corrected chi connectivity index (χ1v) is 11.3. The second kappa shape index (κ2) is 13.4. The minimum absolute atomic E-state index is 0.140. The fraction of sp³-hybridized carbons (Fsp3) is 0.750. The predicted molar refractivity (Wildman–Crippen MR) is 112 cm³/mol. The summed E-state index contributed by atoms with van der Waals surface area (Å²) in [5.74, 6) is -45.1. The first-order chi connectivity index (χ1) is 19.2. The third-order valence-electron chi connectivity index (χ3n) is 4.97. The molecule has 44 heavy (non-hydrogen) atoms. The molecule has 0 aliphatic heterocycles. The number of esters is 2. The number of hydrogen-bond acceptors (Lipinski definition) is 6. The topological polar surface area (TPSA) is 55.8 Å². The quantitative estimate of drug-likeness (QED) is 0.0823. The average Bonchev–Trinajstić information content (AvgIpc) is 2.79. The number of rotatable bonds is 15. The highest BCUT2D eigenvalue weighted by atomic mass is 32.1. The maximum absolute atomic E-state index is 13.6. The van der Waals surface area contributed by atoms with Crippen LogP contribution in [0.2, 0.25) is 0 Å². The van der Waals surface area contributed by atoms with Gasteiger partial charge in [-0.3, -0.25) is 0 Å². The number of carbonyl (C=O) groups is 2. The van der Waals surface area contributed by atoms with Gasteiger partial charge in [0.15, 0.2) is 0 Å². The second-order valence-corrected chi connectivity index (χ2v) is 9.22. The molecule has 0 N–H and O–H groups in total. The smallest absolute Gasteiger partial charge is 0.460 e. The monoisotopic (exact) mass is 709 g/mol. The molecule has 0 radical (unpaired) electrons. The number of alkyl halides is 18. The van der Waals surface area contributed by atoms with Crippen LogP contribution in [0, 0.1) is 0 Å². The van der Waals surface area contributed by atoms with Crippen molar-refractivity contribution in [2.24, 2.45) is 0 Å². The van der Waals surface area contributed by atoms with Crippen molar-refractivity contribution < 1.29 is 98.1 Å². The van der Waals surface area contributed by atoms with Gasteiger partial charge >= 0.3 is 59.8 Å². The van der Waals surface area contributed by atoms with Gasteiger partial charge in [-0.1, -0.05) is 12.2 Å². The van der Waals surface area contributed by atoms with Crippen molar-refractivity contribution in [2.45, 2.75) is 60.7 Å². The van der Waals surface area contributed by atoms with Gasteiger partial charge in [-0.2, -0.15) is 79.0 Å². The van der Waals surface area contributed by atoms with E-state index in [1.165, 1.54) is 14.1 Å². The van der Waals surface area contributed by atoms with Crippen molar-refractivity contribution in [3.05, 3.63) is 11.6 Å². The molecular weight excluding hydrogens is 692 g/mol. The lowest BCUT2D eigenvalue weighted by molar-refractivity contribution is -0.397. The molecule has 258 valence electrons. The van der Waals surface area contributed by atoms with Gasteiger partial charge in [-0.15, -0.1) is 0 Å². The van der Waals surface area contributed by atoms with E-state index in [4.69, 9.17) is 12.2 Å². The van der Waals surface area contributed by atoms with E-state index in [1.54, 1.807) is 0 Å². The number of carbonyl (C=O) groups excluding carboxylic acids is 2. The highest BCUT2D eigenvalue weighted by Crippen LogP contribution is 2.55. The van der Waals surface area contributed by atoms with E-state index in [0.29, 0.717) is 0 Å². The van der Waals surface area contributed by atoms with Crippen LogP contribution >= 0.6 is 12.2 Å². The summed E-state index contributed by atoms with van der Waals surface area (Å²) in [6.07, 6.45) is -19.8. The summed E-state index contributed by atoms with van der Waals surface area (Å²) >= 11 is 4.70. The Morgan fingerprint density at radius 2 is 0.955 bits per heavy atom. The number of halogens is 18. The number of ether oxygens (including phenoxy) is 2. The van der Waals surface area contributed by atoms with Crippen LogP contribution in [0.1, 0.15) is 12.8 Å². The number of hydrogen-bond donors (Lipinski definition) is 0. The first kappa shape index (κ1) is 41.5. The van der Waals surface area contributed by atoms with Crippen LogP contribution in [0.4, 0.5) is 79.0 Å². The third-order valence-corrected chi connectivity index (χ3v) is 5.32. The fourth-order valence-electron chi connectivity index (χ4n) is 2.54. The molecule has 0 spiro atoms. The molecule has 0 aliphatic carbocycles. The predicted octanol–water partition coefficient (Wildman–Crippen LogP) is 6.65. The molecule has 5 nitrogen and oxygen atoms in total. The van der Waals surface area contributed by atoms with Crippen LogP contribution in [0.3, 0.4) is 0 Å². The molecular formula is C20H17F18NO4S. The highest BCUT2D eigenvalue weighted by molar-refractivity contribution is 7.81. The first-order valence-electron chi connectivity index (χ1n) is 10.8. The Balaban J connectivity index is 5.79. The van der Waals surface area contributed by atoms with E-state index in [0.717, 1.165) is 4.90 Å². The summed E-state index contributed by atoms with van der Waals surface area (Å²) in [6.45, 7) is -4.61. The average molecular weight is 709 g/mol. The standard InChI is InChI=1S/C20H17F18NO4S/c1-39(2)8-10(44)9(12(41)43-6-4-14(23,24)16(27,28)18(31,32)20(36,37)38)7-11(40)42-5-3-13(21,22)15(25,26)17(29,30)19(33,34)35/h7H,3-6,8H2,1-2H3/b9-7-. The lowest BCUT2D eigenvalue weighted by Crippen LogP contribution is -2.61. The summed E-state index contributed by atoms with van der Waals surface area (Å²) in [6, 6.07) is 0. The Bertz CT molecular complexity index is 1080. The molecule has 0 aromatic carbocycles. The van der Waals surface area contributed by atoms with Gasteiger partial charge in [-0.05, 0) is 14.1 Å². The second-order valence-electron chi connectivity index (χ2n) is 8.72. The zero-order valence-corrected chi connectivity index (χ0v) is 22.2. The van der Waals surface area contributed by atoms with Crippen molar-refractivity contribution in [2.75, 3.05) is 33.9 Å². The van der Waals surface area contributed by atoms with Gasteiger partial charge in [0.2, 0.25) is 0 Å². The van der Waals surface area contributed by atoms with Gasteiger partial charge in [0, 0.05) is 17.5 Å². The van der Waals surface area contributed by atoms with Crippen molar-refractivity contribution in [1.82, 2.24) is 4.90 Å². The van der Waals surface area contributed by atoms with E-state index >= 15 is 0 Å². The van der Waals surface area contributed by atoms with Crippen molar-refractivity contribution >= 4 is 29.0 Å². The van der Waals surface area contributed by atoms with E-state index < -0.39 is 103 Å². The van der Waals surface area contributed by atoms with Crippen LogP contribution < -0.4 is 0 Å². The van der Waals surface area contributed by atoms with Gasteiger partial charge in [0.1, 0.15) is 0 Å². The van der Waals surface area contributed by atoms with Crippen molar-refractivity contribution in [3.63, 3.8) is 0 Å². The van der Waals surface area contributed by atoms with Crippen molar-refractivity contribution in [3.8, 4) is 0 Å². The van der Waals surface area contributed by atoms with E-state index in [2.05, 4.69) is 9.47 Å². The highest BCUT2D eigenvalue weighted by Gasteiger charge is 2.82. The van der Waals surface area contributed by atoms with Gasteiger partial charge in [0.05, 0.1) is 31.6 Å². The molecule has 0 heterocycles. The van der Waals surface area contributed by atoms with E-state index in [9.17, 15) is 88.6 Å². The summed E-state index contributed by atoms with van der Waals surface area (Å²) in [7, 11) is 2.46. The maximum atomic E-state index is 13.6. The Labute approximate surface area is 239 Å². The lowest BCUT2D eigenvalue weighted by atomic mass is 10.0. The van der Waals surface area contributed by atoms with E-state index in [1.807, 2.05) is 0 Å². The molecule has 0 saturated heterocycles. The molecule has 0 saturated carbocycles. The van der Waals surface area contributed by atoms with Gasteiger partial charge in [0.25, 0.3) is 0 Å². The maximum Gasteiger partial charge on any atom is 0.460 e. The minimum Gasteiger partial charge on any atom is -0.462 e.